The van der Waals surface area contributed by atoms with Crippen LogP contribution < -0.4 is 5.32 Å². The maximum absolute atomic E-state index is 11.2. The van der Waals surface area contributed by atoms with Crippen LogP contribution in [0.2, 0.25) is 0 Å². The van der Waals surface area contributed by atoms with Crippen LogP contribution in [0, 0.1) is 0 Å². The quantitative estimate of drug-likeness (QED) is 0.635. The van der Waals surface area contributed by atoms with Crippen LogP contribution in [0.15, 0.2) is 0 Å². The molecule has 0 aromatic heterocycles. The van der Waals surface area contributed by atoms with Crippen molar-refractivity contribution in [2.24, 2.45) is 0 Å². The minimum absolute atomic E-state index is 0.0307. The van der Waals surface area contributed by atoms with Gasteiger partial charge in [-0.1, -0.05) is 0 Å². The summed E-state index contributed by atoms with van der Waals surface area (Å²) in [5, 5.41) is 11.3. The number of Topliss-reactive ketones (excluding diaryl/α,β-unsaturated/α-hetero) is 1. The molecule has 0 aromatic carbocycles. The number of ketones is 1. The Morgan fingerprint density at radius 1 is 1.36 bits per heavy atom. The zero-order valence-electron chi connectivity index (χ0n) is 8.88. The van der Waals surface area contributed by atoms with E-state index in [1.165, 1.54) is 6.92 Å². The fraction of sp³-hybridized carbons (Fsp3) is 0.800. The largest absolute Gasteiger partial charge is 0.396 e. The molecule has 0 aromatic rings. The lowest BCUT2D eigenvalue weighted by Crippen LogP contribution is -2.32. The summed E-state index contributed by atoms with van der Waals surface area (Å²) in [6.45, 7) is 3.51. The molecular weight excluding hydrogens is 182 g/mol. The number of carbonyl (C=O) groups excluding carboxylic acids is 2. The van der Waals surface area contributed by atoms with Crippen molar-refractivity contribution in [3.05, 3.63) is 0 Å². The molecule has 0 fully saturated rings. The SMILES string of the molecule is CC(=O)CCC(=O)NC(C)CCCO. The molecule has 4 nitrogen and oxygen atoms in total. The predicted octanol–water partition coefficient (Wildman–Crippen LogP) is 0.633. The van der Waals surface area contributed by atoms with Crippen molar-refractivity contribution in [1.29, 1.82) is 0 Å². The molecule has 0 aliphatic rings. The van der Waals surface area contributed by atoms with Crippen LogP contribution in [-0.2, 0) is 9.59 Å². The smallest absolute Gasteiger partial charge is 0.220 e. The number of hydrogen-bond acceptors (Lipinski definition) is 3. The molecule has 0 spiro atoms. The first kappa shape index (κ1) is 13.1. The Hall–Kier alpha value is -0.900. The molecule has 0 aliphatic carbocycles. The molecule has 14 heavy (non-hydrogen) atoms. The van der Waals surface area contributed by atoms with Crippen LogP contribution >= 0.6 is 0 Å². The fourth-order valence-corrected chi connectivity index (χ4v) is 1.11. The highest BCUT2D eigenvalue weighted by atomic mass is 16.3. The maximum atomic E-state index is 11.2. The molecule has 0 heterocycles. The van der Waals surface area contributed by atoms with Crippen LogP contribution in [0.1, 0.15) is 39.5 Å². The molecule has 0 rings (SSSR count). The van der Waals surface area contributed by atoms with E-state index in [0.29, 0.717) is 12.8 Å². The molecule has 0 saturated heterocycles. The molecule has 2 N–H and O–H groups in total. The average molecular weight is 201 g/mol. The summed E-state index contributed by atoms with van der Waals surface area (Å²) in [6.07, 6.45) is 2.02. The van der Waals surface area contributed by atoms with Crippen molar-refractivity contribution >= 4 is 11.7 Å². The summed E-state index contributed by atoms with van der Waals surface area (Å²) >= 11 is 0. The molecule has 0 aliphatic heterocycles. The first-order chi connectivity index (χ1) is 6.56. The van der Waals surface area contributed by atoms with Crippen LogP contribution in [0.5, 0.6) is 0 Å². The number of aliphatic hydroxyl groups excluding tert-OH is 1. The van der Waals surface area contributed by atoms with E-state index in [4.69, 9.17) is 5.11 Å². The lowest BCUT2D eigenvalue weighted by molar-refractivity contribution is -0.125. The molecular formula is C10H19NO3. The van der Waals surface area contributed by atoms with E-state index in [9.17, 15) is 9.59 Å². The van der Waals surface area contributed by atoms with Crippen molar-refractivity contribution < 1.29 is 14.7 Å². The molecule has 0 saturated carbocycles. The van der Waals surface area contributed by atoms with Gasteiger partial charge in [0.15, 0.2) is 0 Å². The van der Waals surface area contributed by atoms with E-state index >= 15 is 0 Å². The van der Waals surface area contributed by atoms with Crippen molar-refractivity contribution in [1.82, 2.24) is 5.32 Å². The molecule has 82 valence electrons. The Labute approximate surface area is 84.7 Å². The van der Waals surface area contributed by atoms with Gasteiger partial charge in [0.25, 0.3) is 0 Å². The molecule has 4 heteroatoms. The monoisotopic (exact) mass is 201 g/mol. The maximum Gasteiger partial charge on any atom is 0.220 e. The van der Waals surface area contributed by atoms with E-state index < -0.39 is 0 Å². The number of amides is 1. The summed E-state index contributed by atoms with van der Waals surface area (Å²) in [5.41, 5.74) is 0. The summed E-state index contributed by atoms with van der Waals surface area (Å²) in [5.74, 6) is -0.0613. The molecule has 1 amide bonds. The van der Waals surface area contributed by atoms with Gasteiger partial charge in [-0.2, -0.15) is 0 Å². The van der Waals surface area contributed by atoms with Crippen LogP contribution in [-0.4, -0.2) is 29.4 Å². The van der Waals surface area contributed by atoms with Gasteiger partial charge in [0.2, 0.25) is 5.91 Å². The van der Waals surface area contributed by atoms with E-state index in [1.807, 2.05) is 6.92 Å². The normalized spacial score (nSPS) is 12.2. The van der Waals surface area contributed by atoms with Crippen molar-refractivity contribution in [3.63, 3.8) is 0 Å². The van der Waals surface area contributed by atoms with Gasteiger partial charge in [-0.3, -0.25) is 4.79 Å². The third kappa shape index (κ3) is 7.73. The number of carbonyl (C=O) groups is 2. The van der Waals surface area contributed by atoms with E-state index in [1.54, 1.807) is 0 Å². The summed E-state index contributed by atoms with van der Waals surface area (Å²) in [4.78, 5) is 21.8. The zero-order chi connectivity index (χ0) is 11.0. The Balaban J connectivity index is 3.55. The van der Waals surface area contributed by atoms with Crippen LogP contribution in [0.25, 0.3) is 0 Å². The Bertz CT molecular complexity index is 192. The summed E-state index contributed by atoms with van der Waals surface area (Å²) < 4.78 is 0. The molecule has 0 bridgehead atoms. The molecule has 0 radical (unpaired) electrons. The average Bonchev–Trinajstić information content (AvgIpc) is 2.11. The van der Waals surface area contributed by atoms with Crippen molar-refractivity contribution in [2.45, 2.75) is 45.6 Å². The van der Waals surface area contributed by atoms with Gasteiger partial charge < -0.3 is 15.2 Å². The van der Waals surface area contributed by atoms with Gasteiger partial charge in [0, 0.05) is 25.5 Å². The highest BCUT2D eigenvalue weighted by molar-refractivity contribution is 5.83. The molecule has 1 atom stereocenters. The Morgan fingerprint density at radius 3 is 2.50 bits per heavy atom. The van der Waals surface area contributed by atoms with Gasteiger partial charge in [0.1, 0.15) is 5.78 Å². The fourth-order valence-electron chi connectivity index (χ4n) is 1.11. The second-order valence-corrected chi connectivity index (χ2v) is 3.54. The van der Waals surface area contributed by atoms with Crippen LogP contribution in [0.4, 0.5) is 0 Å². The number of nitrogens with one attached hydrogen (secondary N) is 1. The number of aliphatic hydroxyl groups is 1. The molecule has 1 unspecified atom stereocenters. The third-order valence-electron chi connectivity index (χ3n) is 1.91. The third-order valence-corrected chi connectivity index (χ3v) is 1.91. The minimum Gasteiger partial charge on any atom is -0.396 e. The predicted molar refractivity (Wildman–Crippen MR) is 53.8 cm³/mol. The van der Waals surface area contributed by atoms with Crippen molar-refractivity contribution in [2.75, 3.05) is 6.61 Å². The topological polar surface area (TPSA) is 66.4 Å². The Kier molecular flexibility index (Phi) is 7.02. The lowest BCUT2D eigenvalue weighted by Gasteiger charge is -2.12. The second-order valence-electron chi connectivity index (χ2n) is 3.54. The van der Waals surface area contributed by atoms with E-state index in [0.717, 1.165) is 6.42 Å². The standard InChI is InChI=1S/C10H19NO3/c1-8(4-3-7-12)11-10(14)6-5-9(2)13/h8,12H,3-7H2,1-2H3,(H,11,14). The highest BCUT2D eigenvalue weighted by Gasteiger charge is 2.07. The van der Waals surface area contributed by atoms with Crippen LogP contribution in [0.3, 0.4) is 0 Å². The highest BCUT2D eigenvalue weighted by Crippen LogP contribution is 1.97. The summed E-state index contributed by atoms with van der Waals surface area (Å²) in [7, 11) is 0. The number of rotatable bonds is 7. The van der Waals surface area contributed by atoms with Gasteiger partial charge in [-0.25, -0.2) is 0 Å². The van der Waals surface area contributed by atoms with Crippen molar-refractivity contribution in [3.8, 4) is 0 Å². The van der Waals surface area contributed by atoms with E-state index in [2.05, 4.69) is 5.32 Å². The van der Waals surface area contributed by atoms with Gasteiger partial charge in [-0.15, -0.1) is 0 Å². The Morgan fingerprint density at radius 2 is 2.00 bits per heavy atom. The summed E-state index contributed by atoms with van der Waals surface area (Å²) in [6, 6.07) is 0.0709. The zero-order valence-corrected chi connectivity index (χ0v) is 8.88. The minimum atomic E-state index is -0.0920. The van der Waals surface area contributed by atoms with Gasteiger partial charge in [0.05, 0.1) is 0 Å². The first-order valence-corrected chi connectivity index (χ1v) is 4.96. The lowest BCUT2D eigenvalue weighted by atomic mass is 10.1. The second kappa shape index (κ2) is 7.50. The van der Waals surface area contributed by atoms with Gasteiger partial charge >= 0.3 is 0 Å². The number of hydrogen-bond donors (Lipinski definition) is 2. The van der Waals surface area contributed by atoms with Gasteiger partial charge in [-0.05, 0) is 26.7 Å². The first-order valence-electron chi connectivity index (χ1n) is 4.96. The van der Waals surface area contributed by atoms with E-state index in [-0.39, 0.29) is 30.8 Å².